The van der Waals surface area contributed by atoms with Crippen LogP contribution in [0.25, 0.3) is 0 Å². The maximum atomic E-state index is 13.3. The molecule has 32 heavy (non-hydrogen) atoms. The minimum Gasteiger partial charge on any atom is -0.493 e. The van der Waals surface area contributed by atoms with Crippen LogP contribution in [-0.4, -0.2) is 63.1 Å². The van der Waals surface area contributed by atoms with Gasteiger partial charge in [0, 0.05) is 24.4 Å². The highest BCUT2D eigenvalue weighted by Gasteiger charge is 2.42. The van der Waals surface area contributed by atoms with Crippen LogP contribution in [0.1, 0.15) is 23.2 Å². The van der Waals surface area contributed by atoms with Gasteiger partial charge >= 0.3 is 0 Å². The number of rotatable bonds is 6. The van der Waals surface area contributed by atoms with Crippen molar-refractivity contribution in [2.45, 2.75) is 18.9 Å². The van der Waals surface area contributed by atoms with E-state index in [4.69, 9.17) is 14.2 Å². The second-order valence-electron chi connectivity index (χ2n) is 7.56. The van der Waals surface area contributed by atoms with E-state index >= 15 is 0 Å². The maximum absolute atomic E-state index is 13.3. The molecule has 168 valence electrons. The Kier molecular flexibility index (Phi) is 5.89. The number of anilines is 2. The lowest BCUT2D eigenvalue weighted by atomic mass is 10.1. The summed E-state index contributed by atoms with van der Waals surface area (Å²) in [4.78, 5) is 42.3. The Labute approximate surface area is 185 Å². The zero-order valence-corrected chi connectivity index (χ0v) is 18.2. The third-order valence-electron chi connectivity index (χ3n) is 5.74. The minimum atomic E-state index is -0.552. The summed E-state index contributed by atoms with van der Waals surface area (Å²) in [6.45, 7) is 0.305. The molecular weight excluding hydrogens is 414 g/mol. The molecular formula is C23H25N3O6. The summed E-state index contributed by atoms with van der Waals surface area (Å²) in [5.41, 5.74) is 1.29. The van der Waals surface area contributed by atoms with E-state index in [1.165, 1.54) is 26.2 Å². The third kappa shape index (κ3) is 3.70. The van der Waals surface area contributed by atoms with Gasteiger partial charge < -0.3 is 29.3 Å². The smallest absolute Gasteiger partial charge is 0.256 e. The quantitative estimate of drug-likeness (QED) is 0.742. The first-order valence-electron chi connectivity index (χ1n) is 10.3. The fourth-order valence-electron chi connectivity index (χ4n) is 4.27. The standard InChI is InChI=1S/C23H25N3O6/c1-30-18-11-14(12-19(31-2)21(18)32-3)24-20(27)13-26-16-8-5-4-7-15(16)22(28)25-10-6-9-17(25)23(26)29/h4-5,7-8,11-12,17H,6,9-10,13H2,1-3H3,(H,24,27). The zero-order chi connectivity index (χ0) is 22.8. The van der Waals surface area contributed by atoms with Gasteiger partial charge in [-0.25, -0.2) is 0 Å². The number of carbonyl (C=O) groups excluding carboxylic acids is 3. The van der Waals surface area contributed by atoms with Crippen molar-refractivity contribution in [2.24, 2.45) is 0 Å². The largest absolute Gasteiger partial charge is 0.493 e. The molecule has 0 radical (unpaired) electrons. The minimum absolute atomic E-state index is 0.177. The summed E-state index contributed by atoms with van der Waals surface area (Å²) in [6, 6.07) is 9.56. The van der Waals surface area contributed by atoms with Crippen LogP contribution < -0.4 is 24.4 Å². The number of fused-ring (bicyclic) bond motifs is 2. The van der Waals surface area contributed by atoms with E-state index in [0.29, 0.717) is 47.2 Å². The molecule has 3 amide bonds. The summed E-state index contributed by atoms with van der Waals surface area (Å²) >= 11 is 0. The second kappa shape index (κ2) is 8.78. The van der Waals surface area contributed by atoms with Crippen molar-refractivity contribution in [3.05, 3.63) is 42.0 Å². The molecule has 2 aromatic carbocycles. The molecule has 1 fully saturated rings. The molecule has 2 aliphatic rings. The third-order valence-corrected chi connectivity index (χ3v) is 5.74. The number of hydrogen-bond acceptors (Lipinski definition) is 6. The number of nitrogens with zero attached hydrogens (tertiary/aromatic N) is 2. The van der Waals surface area contributed by atoms with E-state index in [1.54, 1.807) is 41.3 Å². The highest BCUT2D eigenvalue weighted by Crippen LogP contribution is 2.40. The fourth-order valence-corrected chi connectivity index (χ4v) is 4.27. The van der Waals surface area contributed by atoms with Gasteiger partial charge in [-0.1, -0.05) is 12.1 Å². The number of ether oxygens (including phenoxy) is 3. The topological polar surface area (TPSA) is 97.4 Å². The molecule has 0 saturated carbocycles. The van der Waals surface area contributed by atoms with Crippen molar-refractivity contribution in [2.75, 3.05) is 44.6 Å². The highest BCUT2D eigenvalue weighted by molar-refractivity contribution is 6.13. The molecule has 9 nitrogen and oxygen atoms in total. The van der Waals surface area contributed by atoms with E-state index in [9.17, 15) is 14.4 Å². The Hall–Kier alpha value is -3.75. The van der Waals surface area contributed by atoms with Crippen LogP contribution in [0.3, 0.4) is 0 Å². The number of carbonyl (C=O) groups is 3. The van der Waals surface area contributed by atoms with Crippen molar-refractivity contribution in [3.8, 4) is 17.2 Å². The number of hydrogen-bond donors (Lipinski definition) is 1. The Morgan fingerprint density at radius 2 is 1.75 bits per heavy atom. The predicted molar refractivity (Wildman–Crippen MR) is 118 cm³/mol. The molecule has 1 saturated heterocycles. The lowest BCUT2D eigenvalue weighted by Crippen LogP contribution is -2.47. The molecule has 0 aliphatic carbocycles. The van der Waals surface area contributed by atoms with Crippen LogP contribution in [0, 0.1) is 0 Å². The van der Waals surface area contributed by atoms with Gasteiger partial charge in [-0.15, -0.1) is 0 Å². The molecule has 4 rings (SSSR count). The Morgan fingerprint density at radius 3 is 2.41 bits per heavy atom. The first-order valence-corrected chi connectivity index (χ1v) is 10.3. The van der Waals surface area contributed by atoms with Crippen molar-refractivity contribution in [1.82, 2.24) is 4.90 Å². The summed E-state index contributed by atoms with van der Waals surface area (Å²) in [6.07, 6.45) is 1.35. The van der Waals surface area contributed by atoms with Gasteiger partial charge in [-0.3, -0.25) is 14.4 Å². The van der Waals surface area contributed by atoms with Gasteiger partial charge in [-0.05, 0) is 25.0 Å². The molecule has 2 aromatic rings. The summed E-state index contributed by atoms with van der Waals surface area (Å²) in [5.74, 6) is 0.353. The van der Waals surface area contributed by atoms with Gasteiger partial charge in [0.2, 0.25) is 17.6 Å². The summed E-state index contributed by atoms with van der Waals surface area (Å²) < 4.78 is 16.0. The lowest BCUT2D eigenvalue weighted by molar-refractivity contribution is -0.124. The van der Waals surface area contributed by atoms with Crippen LogP contribution in [0.4, 0.5) is 11.4 Å². The lowest BCUT2D eigenvalue weighted by Gasteiger charge is -2.25. The molecule has 1 N–H and O–H groups in total. The molecule has 1 atom stereocenters. The van der Waals surface area contributed by atoms with Gasteiger partial charge in [-0.2, -0.15) is 0 Å². The first kappa shape index (κ1) is 21.5. The summed E-state index contributed by atoms with van der Waals surface area (Å²) in [7, 11) is 4.47. The Balaban J connectivity index is 1.62. The first-order chi connectivity index (χ1) is 15.5. The van der Waals surface area contributed by atoms with Crippen LogP contribution in [0.15, 0.2) is 36.4 Å². The van der Waals surface area contributed by atoms with E-state index in [-0.39, 0.29) is 18.4 Å². The monoisotopic (exact) mass is 439 g/mol. The number of nitrogens with one attached hydrogen (secondary N) is 1. The zero-order valence-electron chi connectivity index (χ0n) is 18.2. The van der Waals surface area contributed by atoms with Crippen molar-refractivity contribution < 1.29 is 28.6 Å². The molecule has 0 spiro atoms. The van der Waals surface area contributed by atoms with Crippen molar-refractivity contribution in [3.63, 3.8) is 0 Å². The molecule has 0 bridgehead atoms. The van der Waals surface area contributed by atoms with Gasteiger partial charge in [0.05, 0.1) is 32.6 Å². The molecule has 9 heteroatoms. The Bertz CT molecular complexity index is 1040. The highest BCUT2D eigenvalue weighted by atomic mass is 16.5. The molecule has 2 aliphatic heterocycles. The summed E-state index contributed by atoms with van der Waals surface area (Å²) in [5, 5.41) is 2.79. The normalized spacial score (nSPS) is 17.4. The number of amides is 3. The van der Waals surface area contributed by atoms with Crippen LogP contribution in [0.2, 0.25) is 0 Å². The van der Waals surface area contributed by atoms with Crippen molar-refractivity contribution in [1.29, 1.82) is 0 Å². The second-order valence-corrected chi connectivity index (χ2v) is 7.56. The van der Waals surface area contributed by atoms with E-state index in [0.717, 1.165) is 6.42 Å². The number of para-hydroxylation sites is 1. The average molecular weight is 439 g/mol. The average Bonchev–Trinajstić information content (AvgIpc) is 3.28. The molecule has 2 heterocycles. The Morgan fingerprint density at radius 1 is 1.06 bits per heavy atom. The van der Waals surface area contributed by atoms with Gasteiger partial charge in [0.25, 0.3) is 5.91 Å². The molecule has 1 unspecified atom stereocenters. The van der Waals surface area contributed by atoms with E-state index in [1.807, 2.05) is 0 Å². The van der Waals surface area contributed by atoms with E-state index < -0.39 is 11.9 Å². The van der Waals surface area contributed by atoms with Crippen LogP contribution >= 0.6 is 0 Å². The maximum Gasteiger partial charge on any atom is 0.256 e. The number of benzene rings is 2. The SMILES string of the molecule is COc1cc(NC(=O)CN2C(=O)C3CCCN3C(=O)c3ccccc32)cc(OC)c1OC. The van der Waals surface area contributed by atoms with Gasteiger partial charge in [0.15, 0.2) is 11.5 Å². The predicted octanol–water partition coefficient (Wildman–Crippen LogP) is 2.30. The fraction of sp³-hybridized carbons (Fsp3) is 0.348. The van der Waals surface area contributed by atoms with Crippen LogP contribution in [0.5, 0.6) is 17.2 Å². The van der Waals surface area contributed by atoms with Crippen molar-refractivity contribution >= 4 is 29.1 Å². The van der Waals surface area contributed by atoms with Gasteiger partial charge in [0.1, 0.15) is 12.6 Å². The van der Waals surface area contributed by atoms with E-state index in [2.05, 4.69) is 5.32 Å². The number of methoxy groups -OCH3 is 3. The molecule has 0 aromatic heterocycles. The van der Waals surface area contributed by atoms with Crippen LogP contribution in [-0.2, 0) is 9.59 Å².